The summed E-state index contributed by atoms with van der Waals surface area (Å²) >= 11 is 0. The van der Waals surface area contributed by atoms with Gasteiger partial charge in [0.05, 0.1) is 13.7 Å². The number of hydrogen-bond donors (Lipinski definition) is 6. The fourth-order valence-corrected chi connectivity index (χ4v) is 3.33. The maximum absolute atomic E-state index is 12.1. The molecule has 26 heavy (non-hydrogen) atoms. The van der Waals surface area contributed by atoms with Crippen LogP contribution in [0.5, 0.6) is 0 Å². The van der Waals surface area contributed by atoms with Gasteiger partial charge in [-0.15, -0.1) is 0 Å². The van der Waals surface area contributed by atoms with Crippen molar-refractivity contribution in [3.63, 3.8) is 0 Å². The van der Waals surface area contributed by atoms with Crippen molar-refractivity contribution in [2.45, 2.75) is 31.0 Å². The number of nitrogens with one attached hydrogen (secondary N) is 1. The highest BCUT2D eigenvalue weighted by atomic mass is 31.2. The van der Waals surface area contributed by atoms with E-state index in [-0.39, 0.29) is 17.1 Å². The van der Waals surface area contributed by atoms with Gasteiger partial charge >= 0.3 is 13.5 Å². The standard InChI is InChI=1S/C12H18N5O8P/c1-12(20)7(18)5(3-24-26(21,22)23)25-10(12)17-4-16(2)6-8(17)14-11(13)15-9(6)19/h4-5,7,10,18,20H,3H2,1-2H3,(H4-,13,14,15,19,21,22,23)/p+1/t5?,7?,10?,12-/m1/s1. The van der Waals surface area contributed by atoms with Crippen molar-refractivity contribution in [3.05, 3.63) is 16.7 Å². The van der Waals surface area contributed by atoms with Crippen LogP contribution in [0.3, 0.4) is 0 Å². The average Bonchev–Trinajstić information content (AvgIpc) is 2.92. The van der Waals surface area contributed by atoms with E-state index in [4.69, 9.17) is 20.3 Å². The number of phosphoric ester groups is 1. The van der Waals surface area contributed by atoms with E-state index in [1.807, 2.05) is 0 Å². The number of nitrogen functional groups attached to an aromatic ring is 1. The lowest BCUT2D eigenvalue weighted by Crippen LogP contribution is -2.53. The highest BCUT2D eigenvalue weighted by Crippen LogP contribution is 2.40. The molecule has 14 heteroatoms. The number of fused-ring (bicyclic) bond motifs is 1. The quantitative estimate of drug-likeness (QED) is 0.234. The maximum Gasteiger partial charge on any atom is 0.469 e. The molecule has 0 spiro atoms. The lowest BCUT2D eigenvalue weighted by molar-refractivity contribution is -0.752. The predicted octanol–water partition coefficient (Wildman–Crippen LogP) is -2.75. The Labute approximate surface area is 145 Å². The molecule has 2 aromatic heterocycles. The third-order valence-corrected chi connectivity index (χ3v) is 4.69. The molecule has 0 aliphatic carbocycles. The molecule has 1 aliphatic heterocycles. The number of aliphatic hydroxyl groups is 2. The molecule has 0 aromatic carbocycles. The molecule has 1 fully saturated rings. The van der Waals surface area contributed by atoms with Crippen molar-refractivity contribution in [3.8, 4) is 0 Å². The number of hydrogen-bond acceptors (Lipinski definition) is 8. The molecule has 1 aliphatic rings. The van der Waals surface area contributed by atoms with Gasteiger partial charge in [-0.05, 0) is 6.92 Å². The third-order valence-electron chi connectivity index (χ3n) is 4.20. The minimum Gasteiger partial charge on any atom is -0.387 e. The number of ether oxygens (including phenoxy) is 1. The number of phosphoric acid groups is 1. The lowest BCUT2D eigenvalue weighted by atomic mass is 9.96. The number of nitrogens with zero attached hydrogens (tertiary/aromatic N) is 3. The van der Waals surface area contributed by atoms with Gasteiger partial charge in [0.1, 0.15) is 17.8 Å². The van der Waals surface area contributed by atoms with Crippen LogP contribution in [-0.2, 0) is 20.9 Å². The van der Waals surface area contributed by atoms with E-state index in [9.17, 15) is 19.6 Å². The first kappa shape index (κ1) is 18.9. The number of imidazole rings is 1. The molecule has 3 rings (SSSR count). The van der Waals surface area contributed by atoms with Gasteiger partial charge in [-0.3, -0.25) is 18.9 Å². The van der Waals surface area contributed by atoms with Crippen LogP contribution >= 0.6 is 7.82 Å². The van der Waals surface area contributed by atoms with E-state index in [2.05, 4.69) is 14.5 Å². The molecule has 7 N–H and O–H groups in total. The summed E-state index contributed by atoms with van der Waals surface area (Å²) in [5, 5.41) is 21.0. The molecule has 0 radical (unpaired) electrons. The number of nitrogens with two attached hydrogens (primary N) is 1. The van der Waals surface area contributed by atoms with Gasteiger partial charge in [0, 0.05) is 0 Å². The normalized spacial score (nSPS) is 29.5. The van der Waals surface area contributed by atoms with Crippen LogP contribution in [0, 0.1) is 0 Å². The summed E-state index contributed by atoms with van der Waals surface area (Å²) in [4.78, 5) is 36.1. The molecule has 0 saturated carbocycles. The second-order valence-electron chi connectivity index (χ2n) is 6.24. The van der Waals surface area contributed by atoms with Crippen LogP contribution < -0.4 is 15.9 Å². The van der Waals surface area contributed by atoms with Gasteiger partial charge in [0.2, 0.25) is 11.7 Å². The number of rotatable bonds is 4. The Morgan fingerprint density at radius 1 is 1.58 bits per heavy atom. The van der Waals surface area contributed by atoms with E-state index >= 15 is 0 Å². The Kier molecular flexibility index (Phi) is 4.43. The minimum absolute atomic E-state index is 0.0998. The van der Waals surface area contributed by atoms with E-state index in [1.54, 1.807) is 7.05 Å². The number of aromatic nitrogens is 4. The Hall–Kier alpha value is -1.86. The van der Waals surface area contributed by atoms with Crippen molar-refractivity contribution in [1.82, 2.24) is 14.5 Å². The fraction of sp³-hybridized carbons (Fsp3) is 0.583. The summed E-state index contributed by atoms with van der Waals surface area (Å²) in [7, 11) is -3.21. The highest BCUT2D eigenvalue weighted by Gasteiger charge is 2.56. The molecule has 3 heterocycles. The van der Waals surface area contributed by atoms with Crippen molar-refractivity contribution >= 4 is 24.9 Å². The van der Waals surface area contributed by atoms with E-state index < -0.39 is 44.0 Å². The van der Waals surface area contributed by atoms with Crippen molar-refractivity contribution in [2.75, 3.05) is 12.3 Å². The van der Waals surface area contributed by atoms with E-state index in [0.717, 1.165) is 0 Å². The zero-order chi connectivity index (χ0) is 19.4. The molecular weight excluding hydrogens is 373 g/mol. The van der Waals surface area contributed by atoms with E-state index in [1.165, 1.54) is 22.4 Å². The molecule has 13 nitrogen and oxygen atoms in total. The topological polar surface area (TPSA) is 197 Å². The fourth-order valence-electron chi connectivity index (χ4n) is 2.99. The smallest absolute Gasteiger partial charge is 0.387 e. The Morgan fingerprint density at radius 2 is 2.23 bits per heavy atom. The molecular formula is C12H19N5O8P+. The third kappa shape index (κ3) is 3.14. The van der Waals surface area contributed by atoms with Gasteiger partial charge in [0.15, 0.2) is 6.33 Å². The number of aromatic amines is 1. The highest BCUT2D eigenvalue weighted by molar-refractivity contribution is 7.46. The van der Waals surface area contributed by atoms with E-state index in [0.29, 0.717) is 0 Å². The second-order valence-corrected chi connectivity index (χ2v) is 7.48. The van der Waals surface area contributed by atoms with Gasteiger partial charge < -0.3 is 30.5 Å². The minimum atomic E-state index is -4.78. The number of H-pyrrole nitrogens is 1. The summed E-state index contributed by atoms with van der Waals surface area (Å²) in [6, 6.07) is 0. The molecule has 4 atom stereocenters. The second kappa shape index (κ2) is 6.09. The molecule has 144 valence electrons. The van der Waals surface area contributed by atoms with Crippen LogP contribution in [-0.4, -0.2) is 59.0 Å². The van der Waals surface area contributed by atoms with Crippen molar-refractivity contribution in [2.24, 2.45) is 7.05 Å². The Balaban J connectivity index is 2.03. The van der Waals surface area contributed by atoms with Crippen LogP contribution in [0.4, 0.5) is 5.95 Å². The monoisotopic (exact) mass is 392 g/mol. The average molecular weight is 392 g/mol. The predicted molar refractivity (Wildman–Crippen MR) is 84.5 cm³/mol. The first-order valence-corrected chi connectivity index (χ1v) is 8.97. The Morgan fingerprint density at radius 3 is 2.85 bits per heavy atom. The first-order valence-electron chi connectivity index (χ1n) is 7.44. The molecule has 3 unspecified atom stereocenters. The summed E-state index contributed by atoms with van der Waals surface area (Å²) in [6.07, 6.45) is -2.56. The summed E-state index contributed by atoms with van der Waals surface area (Å²) in [5.74, 6) is -0.151. The van der Waals surface area contributed by atoms with Gasteiger partial charge in [-0.2, -0.15) is 0 Å². The number of aliphatic hydroxyl groups excluding tert-OH is 1. The SMILES string of the molecule is Cn1c[n+](C2OC(COP(=O)(O)O)C(O)[C@@]2(C)O)c2nc(N)[nH]c(=O)c21. The van der Waals surface area contributed by atoms with Crippen LogP contribution in [0.15, 0.2) is 11.1 Å². The number of anilines is 1. The molecule has 1 saturated heterocycles. The van der Waals surface area contributed by atoms with Gasteiger partial charge in [-0.1, -0.05) is 4.98 Å². The molecule has 2 aromatic rings. The van der Waals surface area contributed by atoms with Crippen LogP contribution in [0.25, 0.3) is 11.2 Å². The van der Waals surface area contributed by atoms with Gasteiger partial charge in [0.25, 0.3) is 11.5 Å². The summed E-state index contributed by atoms with van der Waals surface area (Å²) in [6.45, 7) is 0.627. The summed E-state index contributed by atoms with van der Waals surface area (Å²) in [5.41, 5.74) is 3.45. The zero-order valence-corrected chi connectivity index (χ0v) is 14.7. The van der Waals surface area contributed by atoms with Crippen molar-refractivity contribution in [1.29, 1.82) is 0 Å². The van der Waals surface area contributed by atoms with Crippen LogP contribution in [0.1, 0.15) is 13.2 Å². The first-order chi connectivity index (χ1) is 11.9. The molecule has 0 bridgehead atoms. The Bertz CT molecular complexity index is 949. The number of aryl methyl sites for hydroxylation is 1. The van der Waals surface area contributed by atoms with Gasteiger partial charge in [-0.25, -0.2) is 9.13 Å². The lowest BCUT2D eigenvalue weighted by Gasteiger charge is -2.24. The maximum atomic E-state index is 12.1. The van der Waals surface area contributed by atoms with Crippen LogP contribution in [0.2, 0.25) is 0 Å². The summed E-state index contributed by atoms with van der Waals surface area (Å²) < 4.78 is 23.5. The largest absolute Gasteiger partial charge is 0.469 e. The van der Waals surface area contributed by atoms with Crippen molar-refractivity contribution < 1.29 is 38.4 Å². The molecule has 0 amide bonds. The zero-order valence-electron chi connectivity index (χ0n) is 13.8.